The molecule has 3 heterocycles. The number of thiazole rings is 1. The maximum atomic E-state index is 14.1. The van der Waals surface area contributed by atoms with Crippen molar-refractivity contribution in [2.45, 2.75) is 36.6 Å². The molecule has 1 fully saturated rings. The van der Waals surface area contributed by atoms with Gasteiger partial charge in [-0.25, -0.2) is 9.29 Å². The Bertz CT molecular complexity index is 1800. The van der Waals surface area contributed by atoms with Gasteiger partial charge in [0.2, 0.25) is 17.7 Å². The van der Waals surface area contributed by atoms with Crippen molar-refractivity contribution in [3.05, 3.63) is 98.7 Å². The van der Waals surface area contributed by atoms with Crippen LogP contribution in [-0.4, -0.2) is 47.7 Å². The lowest BCUT2D eigenvalue weighted by atomic mass is 9.83. The summed E-state index contributed by atoms with van der Waals surface area (Å²) in [5, 5.41) is 2.46. The number of hydrogen-bond acceptors (Lipinski definition) is 8. The van der Waals surface area contributed by atoms with E-state index in [1.54, 1.807) is 31.4 Å². The van der Waals surface area contributed by atoms with Crippen LogP contribution in [0.25, 0.3) is 0 Å². The zero-order chi connectivity index (χ0) is 31.8. The lowest BCUT2D eigenvalue weighted by molar-refractivity contribution is -0.122. The number of anilines is 3. The second-order valence-corrected chi connectivity index (χ2v) is 12.8. The van der Waals surface area contributed by atoms with Gasteiger partial charge >= 0.3 is 4.87 Å². The number of fused-ring (bicyclic) bond motifs is 2. The molecular formula is C33H31FN4O5S2. The van der Waals surface area contributed by atoms with Crippen LogP contribution in [0.4, 0.5) is 21.5 Å². The minimum Gasteiger partial charge on any atom is -0.497 e. The maximum Gasteiger partial charge on any atom is 0.308 e. The Kier molecular flexibility index (Phi) is 8.52. The molecule has 2 aliphatic rings. The highest BCUT2D eigenvalue weighted by molar-refractivity contribution is 8.00. The summed E-state index contributed by atoms with van der Waals surface area (Å²) >= 11 is 2.13. The van der Waals surface area contributed by atoms with Gasteiger partial charge in [-0.05, 0) is 80.1 Å². The van der Waals surface area contributed by atoms with E-state index < -0.39 is 40.6 Å². The molecule has 232 valence electrons. The van der Waals surface area contributed by atoms with E-state index in [0.29, 0.717) is 21.3 Å². The number of aromatic nitrogens is 1. The van der Waals surface area contributed by atoms with E-state index in [0.717, 1.165) is 52.3 Å². The topological polar surface area (TPSA) is 101 Å². The number of rotatable bonds is 9. The zero-order valence-electron chi connectivity index (χ0n) is 24.9. The van der Waals surface area contributed by atoms with Crippen LogP contribution in [-0.2, 0) is 20.9 Å². The number of hydrogen-bond donors (Lipinski definition) is 1. The molecule has 1 aromatic heterocycles. The first kappa shape index (κ1) is 30.6. The molecule has 0 aliphatic carbocycles. The van der Waals surface area contributed by atoms with Crippen LogP contribution in [0.1, 0.15) is 30.2 Å². The third kappa shape index (κ3) is 5.64. The molecule has 9 nitrogen and oxygen atoms in total. The minimum atomic E-state index is -0.840. The molecule has 3 atom stereocenters. The van der Waals surface area contributed by atoms with Gasteiger partial charge in [-0.3, -0.25) is 23.7 Å². The Morgan fingerprint density at radius 3 is 2.22 bits per heavy atom. The third-order valence-corrected chi connectivity index (χ3v) is 10.8. The molecule has 2 aliphatic heterocycles. The van der Waals surface area contributed by atoms with Gasteiger partial charge in [0.05, 0.1) is 23.7 Å². The van der Waals surface area contributed by atoms with Gasteiger partial charge in [-0.1, -0.05) is 35.2 Å². The number of halogens is 1. The molecule has 0 saturated carbocycles. The SMILES string of the molecule is CCN(CC)c1ccc([C@@H]2c3sc(=O)n(CC(=O)Nc4ccc(OC)cc4)c3S[C@H]3C(=O)N(c4ccc(F)cc4)C(=O)[C@@H]23)cc1. The predicted molar refractivity (Wildman–Crippen MR) is 174 cm³/mol. The fraction of sp³-hybridized carbons (Fsp3) is 0.273. The summed E-state index contributed by atoms with van der Waals surface area (Å²) in [5.41, 5.74) is 2.65. The standard InChI is InChI=1S/C33H31FN4O5S2/c1-4-36(5-2)22-12-6-19(7-13-22)26-27-28(31(41)38(30(27)40)23-14-8-20(34)9-15-23)44-32-29(26)45-33(42)37(32)18-25(39)35-21-10-16-24(43-3)17-11-21/h6-17,26-28H,4-5,18H2,1-3H3,(H,35,39)/t26-,27-,28+/m0/s1. The largest absolute Gasteiger partial charge is 0.497 e. The molecule has 0 bridgehead atoms. The molecule has 3 amide bonds. The molecule has 1 saturated heterocycles. The number of amides is 3. The van der Waals surface area contributed by atoms with Crippen LogP contribution < -0.4 is 24.7 Å². The average Bonchev–Trinajstić information content (AvgIpc) is 3.49. The third-order valence-electron chi connectivity index (χ3n) is 8.19. The molecule has 4 aromatic rings. The van der Waals surface area contributed by atoms with Gasteiger partial charge in [0, 0.05) is 35.3 Å². The Hall–Kier alpha value is -4.42. The smallest absolute Gasteiger partial charge is 0.308 e. The number of ether oxygens (including phenoxy) is 1. The highest BCUT2D eigenvalue weighted by atomic mass is 32.2. The Morgan fingerprint density at radius 1 is 0.933 bits per heavy atom. The summed E-state index contributed by atoms with van der Waals surface area (Å²) in [7, 11) is 1.55. The molecule has 45 heavy (non-hydrogen) atoms. The number of nitrogens with one attached hydrogen (secondary N) is 1. The van der Waals surface area contributed by atoms with E-state index in [4.69, 9.17) is 4.74 Å². The van der Waals surface area contributed by atoms with Crippen LogP contribution in [0.15, 0.2) is 82.6 Å². The van der Waals surface area contributed by atoms with E-state index in [9.17, 15) is 23.6 Å². The first-order chi connectivity index (χ1) is 21.7. The number of thioether (sulfide) groups is 1. The lowest BCUT2D eigenvalue weighted by Gasteiger charge is -2.31. The molecule has 3 aromatic carbocycles. The molecule has 0 spiro atoms. The minimum absolute atomic E-state index is 0.265. The van der Waals surface area contributed by atoms with Gasteiger partial charge in [-0.2, -0.15) is 0 Å². The average molecular weight is 647 g/mol. The van der Waals surface area contributed by atoms with Crippen molar-refractivity contribution in [2.75, 3.05) is 35.3 Å². The number of nitrogens with zero attached hydrogens (tertiary/aromatic N) is 3. The van der Waals surface area contributed by atoms with E-state index in [2.05, 4.69) is 24.1 Å². The normalized spacial score (nSPS) is 18.8. The van der Waals surface area contributed by atoms with Crippen LogP contribution in [0.2, 0.25) is 0 Å². The number of benzene rings is 3. The molecule has 1 N–H and O–H groups in total. The molecular weight excluding hydrogens is 616 g/mol. The molecule has 0 unspecified atom stereocenters. The predicted octanol–water partition coefficient (Wildman–Crippen LogP) is 5.34. The van der Waals surface area contributed by atoms with E-state index in [-0.39, 0.29) is 17.1 Å². The fourth-order valence-corrected chi connectivity index (χ4v) is 8.73. The van der Waals surface area contributed by atoms with Crippen molar-refractivity contribution in [2.24, 2.45) is 5.92 Å². The summed E-state index contributed by atoms with van der Waals surface area (Å²) in [6.07, 6.45) is 0. The van der Waals surface area contributed by atoms with Gasteiger partial charge in [0.15, 0.2) is 0 Å². The van der Waals surface area contributed by atoms with Crippen molar-refractivity contribution in [1.29, 1.82) is 0 Å². The van der Waals surface area contributed by atoms with Crippen LogP contribution >= 0.6 is 23.1 Å². The van der Waals surface area contributed by atoms with Gasteiger partial charge in [0.1, 0.15) is 23.4 Å². The van der Waals surface area contributed by atoms with Crippen LogP contribution in [0.5, 0.6) is 5.75 Å². The van der Waals surface area contributed by atoms with Crippen LogP contribution in [0.3, 0.4) is 0 Å². The van der Waals surface area contributed by atoms with Crippen molar-refractivity contribution < 1.29 is 23.5 Å². The van der Waals surface area contributed by atoms with E-state index in [1.165, 1.54) is 28.8 Å². The number of methoxy groups -OCH3 is 1. The van der Waals surface area contributed by atoms with Crippen molar-refractivity contribution in [1.82, 2.24) is 4.57 Å². The molecule has 0 radical (unpaired) electrons. The Balaban J connectivity index is 1.39. The van der Waals surface area contributed by atoms with Crippen molar-refractivity contribution in [3.63, 3.8) is 0 Å². The molecule has 12 heteroatoms. The number of carbonyl (C=O) groups is 3. The van der Waals surface area contributed by atoms with Crippen molar-refractivity contribution >= 4 is 57.9 Å². The zero-order valence-corrected chi connectivity index (χ0v) is 26.5. The Morgan fingerprint density at radius 2 is 1.60 bits per heavy atom. The quantitative estimate of drug-likeness (QED) is 0.245. The second kappa shape index (κ2) is 12.5. The summed E-state index contributed by atoms with van der Waals surface area (Å²) in [5.74, 6) is -2.48. The summed E-state index contributed by atoms with van der Waals surface area (Å²) in [6.45, 7) is 5.54. The van der Waals surface area contributed by atoms with Gasteiger partial charge in [-0.15, -0.1) is 0 Å². The number of imide groups is 1. The summed E-state index contributed by atoms with van der Waals surface area (Å²) in [4.78, 5) is 58.1. The summed E-state index contributed by atoms with van der Waals surface area (Å²) in [6, 6.07) is 19.9. The van der Waals surface area contributed by atoms with Crippen molar-refractivity contribution in [3.8, 4) is 5.75 Å². The summed E-state index contributed by atoms with van der Waals surface area (Å²) < 4.78 is 20.3. The second-order valence-electron chi connectivity index (χ2n) is 10.7. The highest BCUT2D eigenvalue weighted by Gasteiger charge is 2.56. The Labute approximate surface area is 267 Å². The van der Waals surface area contributed by atoms with Gasteiger partial charge in [0.25, 0.3) is 0 Å². The monoisotopic (exact) mass is 646 g/mol. The lowest BCUT2D eigenvalue weighted by Crippen LogP contribution is -2.33. The first-order valence-corrected chi connectivity index (χ1v) is 16.3. The highest BCUT2D eigenvalue weighted by Crippen LogP contribution is 2.54. The maximum absolute atomic E-state index is 14.1. The fourth-order valence-electron chi connectivity index (χ4n) is 5.96. The number of carbonyl (C=O) groups excluding carboxylic acids is 3. The molecule has 6 rings (SSSR count). The van der Waals surface area contributed by atoms with E-state index in [1.807, 2.05) is 24.3 Å². The van der Waals surface area contributed by atoms with E-state index >= 15 is 0 Å². The first-order valence-electron chi connectivity index (χ1n) is 14.6. The van der Waals surface area contributed by atoms with Crippen LogP contribution in [0, 0.1) is 11.7 Å². The van der Waals surface area contributed by atoms with Gasteiger partial charge < -0.3 is 15.0 Å².